The van der Waals surface area contributed by atoms with E-state index in [0.29, 0.717) is 12.2 Å². The fraction of sp³-hybridized carbons (Fsp3) is 0.471. The van der Waals surface area contributed by atoms with Crippen LogP contribution in [0.15, 0.2) is 27.4 Å². The first-order chi connectivity index (χ1) is 9.79. The first-order valence-corrected chi connectivity index (χ1v) is 7.51. The first kappa shape index (κ1) is 13.2. The Hall–Kier alpha value is -1.77. The van der Waals surface area contributed by atoms with Crippen molar-refractivity contribution in [3.05, 3.63) is 39.7 Å². The number of rotatable bonds is 3. The topological polar surface area (TPSA) is 39.4 Å². The molecule has 0 radical (unpaired) electrons. The molecule has 0 N–H and O–H groups in total. The van der Waals surface area contributed by atoms with E-state index < -0.39 is 0 Å². The van der Waals surface area contributed by atoms with Crippen molar-refractivity contribution in [1.29, 1.82) is 0 Å². The van der Waals surface area contributed by atoms with Crippen molar-refractivity contribution < 1.29 is 9.15 Å². The van der Waals surface area contributed by atoms with Crippen molar-refractivity contribution in [3.63, 3.8) is 0 Å². The van der Waals surface area contributed by atoms with E-state index in [1.165, 1.54) is 12.0 Å². The zero-order valence-electron chi connectivity index (χ0n) is 11.9. The molecule has 3 rings (SSSR count). The molecule has 3 heteroatoms. The smallest absolute Gasteiger partial charge is 0.339 e. The molecule has 0 spiro atoms. The van der Waals surface area contributed by atoms with E-state index in [0.717, 1.165) is 48.8 Å². The van der Waals surface area contributed by atoms with Crippen molar-refractivity contribution in [3.8, 4) is 5.75 Å². The maximum absolute atomic E-state index is 12.1. The second kappa shape index (κ2) is 5.70. The maximum Gasteiger partial charge on any atom is 0.339 e. The normalized spacial score (nSPS) is 14.8. The van der Waals surface area contributed by atoms with Gasteiger partial charge in [-0.1, -0.05) is 13.3 Å². The second-order valence-electron chi connectivity index (χ2n) is 5.41. The van der Waals surface area contributed by atoms with E-state index in [9.17, 15) is 4.79 Å². The van der Waals surface area contributed by atoms with Gasteiger partial charge in [0.2, 0.25) is 0 Å². The summed E-state index contributed by atoms with van der Waals surface area (Å²) in [5.74, 6) is 0.774. The lowest BCUT2D eigenvalue weighted by Gasteiger charge is -2.10. The summed E-state index contributed by atoms with van der Waals surface area (Å²) >= 11 is 0. The molecule has 0 bridgehead atoms. The van der Waals surface area contributed by atoms with Crippen LogP contribution in [0.1, 0.15) is 43.7 Å². The van der Waals surface area contributed by atoms with Gasteiger partial charge in [-0.05, 0) is 49.8 Å². The number of aryl methyl sites for hydroxylation is 1. The molecule has 1 aliphatic rings. The van der Waals surface area contributed by atoms with Gasteiger partial charge >= 0.3 is 5.63 Å². The predicted molar refractivity (Wildman–Crippen MR) is 79.5 cm³/mol. The summed E-state index contributed by atoms with van der Waals surface area (Å²) in [4.78, 5) is 12.1. The summed E-state index contributed by atoms with van der Waals surface area (Å²) in [6, 6.07) is 5.86. The van der Waals surface area contributed by atoms with Gasteiger partial charge in [-0.3, -0.25) is 0 Å². The van der Waals surface area contributed by atoms with Crippen molar-refractivity contribution in [2.24, 2.45) is 0 Å². The molecule has 106 valence electrons. The Labute approximate surface area is 118 Å². The lowest BCUT2D eigenvalue weighted by Crippen LogP contribution is -2.10. The number of benzene rings is 1. The van der Waals surface area contributed by atoms with Gasteiger partial charge in [0, 0.05) is 17.0 Å². The molecular formula is C17H20O3. The van der Waals surface area contributed by atoms with Crippen molar-refractivity contribution >= 4 is 11.0 Å². The van der Waals surface area contributed by atoms with Crippen molar-refractivity contribution in [1.82, 2.24) is 0 Å². The van der Waals surface area contributed by atoms with E-state index >= 15 is 0 Å². The highest BCUT2D eigenvalue weighted by Crippen LogP contribution is 2.28. The molecule has 0 atom stereocenters. The predicted octanol–water partition coefficient (Wildman–Crippen LogP) is 3.85. The quantitative estimate of drug-likeness (QED) is 0.629. The third-order valence-electron chi connectivity index (χ3n) is 3.92. The lowest BCUT2D eigenvalue weighted by molar-refractivity contribution is 0.317. The number of fused-ring (bicyclic) bond motifs is 3. The Morgan fingerprint density at radius 1 is 1.15 bits per heavy atom. The van der Waals surface area contributed by atoms with Crippen LogP contribution >= 0.6 is 0 Å². The van der Waals surface area contributed by atoms with Crippen LogP contribution in [0, 0.1) is 0 Å². The molecule has 1 aromatic heterocycles. The summed E-state index contributed by atoms with van der Waals surface area (Å²) in [6.07, 6.45) is 6.22. The Morgan fingerprint density at radius 3 is 2.75 bits per heavy atom. The Balaban J connectivity index is 2.11. The summed E-state index contributed by atoms with van der Waals surface area (Å²) in [6.45, 7) is 2.75. The van der Waals surface area contributed by atoms with Gasteiger partial charge in [0.15, 0.2) is 0 Å². The Morgan fingerprint density at radius 2 is 1.95 bits per heavy atom. The molecule has 20 heavy (non-hydrogen) atoms. The number of hydrogen-bond acceptors (Lipinski definition) is 3. The minimum absolute atomic E-state index is 0.165. The summed E-state index contributed by atoms with van der Waals surface area (Å²) in [5.41, 5.74) is 2.57. The molecule has 1 heterocycles. The van der Waals surface area contributed by atoms with Gasteiger partial charge in [0.05, 0.1) is 6.61 Å². The Kier molecular flexibility index (Phi) is 3.77. The van der Waals surface area contributed by atoms with Gasteiger partial charge in [0.1, 0.15) is 11.3 Å². The third-order valence-corrected chi connectivity index (χ3v) is 3.92. The van der Waals surface area contributed by atoms with E-state index in [2.05, 4.69) is 6.92 Å². The standard InChI is InChI=1S/C17H20O3/c1-2-10-19-12-8-9-14-13-6-4-3-5-7-15(13)17(18)20-16(14)11-12/h8-9,11H,2-7,10H2,1H3. The van der Waals surface area contributed by atoms with Crippen LogP contribution in [0.25, 0.3) is 11.0 Å². The third kappa shape index (κ3) is 2.45. The van der Waals surface area contributed by atoms with Crippen LogP contribution in [0.5, 0.6) is 5.75 Å². The minimum atomic E-state index is -0.165. The average Bonchev–Trinajstić information content (AvgIpc) is 2.71. The molecular weight excluding hydrogens is 252 g/mol. The highest BCUT2D eigenvalue weighted by molar-refractivity contribution is 5.82. The van der Waals surface area contributed by atoms with Gasteiger partial charge in [-0.2, -0.15) is 0 Å². The molecule has 2 aromatic rings. The van der Waals surface area contributed by atoms with Crippen LogP contribution in [-0.2, 0) is 12.8 Å². The van der Waals surface area contributed by atoms with Crippen LogP contribution in [-0.4, -0.2) is 6.61 Å². The number of hydrogen-bond donors (Lipinski definition) is 0. The minimum Gasteiger partial charge on any atom is -0.493 e. The number of ether oxygens (including phenoxy) is 1. The fourth-order valence-electron chi connectivity index (χ4n) is 2.91. The Bertz CT molecular complexity index is 670. The summed E-state index contributed by atoms with van der Waals surface area (Å²) < 4.78 is 11.1. The summed E-state index contributed by atoms with van der Waals surface area (Å²) in [7, 11) is 0. The zero-order valence-corrected chi connectivity index (χ0v) is 11.9. The first-order valence-electron chi connectivity index (χ1n) is 7.51. The molecule has 3 nitrogen and oxygen atoms in total. The van der Waals surface area contributed by atoms with E-state index in [1.807, 2.05) is 18.2 Å². The van der Waals surface area contributed by atoms with Gasteiger partial charge in [0.25, 0.3) is 0 Å². The van der Waals surface area contributed by atoms with Crippen molar-refractivity contribution in [2.75, 3.05) is 6.61 Å². The van der Waals surface area contributed by atoms with Gasteiger partial charge in [-0.25, -0.2) is 4.79 Å². The molecule has 0 saturated carbocycles. The monoisotopic (exact) mass is 272 g/mol. The molecule has 1 aliphatic carbocycles. The average molecular weight is 272 g/mol. The van der Waals surface area contributed by atoms with Crippen LogP contribution in [0.2, 0.25) is 0 Å². The molecule has 0 unspecified atom stereocenters. The molecule has 0 saturated heterocycles. The largest absolute Gasteiger partial charge is 0.493 e. The molecule has 1 aromatic carbocycles. The van der Waals surface area contributed by atoms with Crippen LogP contribution < -0.4 is 10.4 Å². The van der Waals surface area contributed by atoms with Gasteiger partial charge in [-0.15, -0.1) is 0 Å². The van der Waals surface area contributed by atoms with E-state index in [-0.39, 0.29) is 5.63 Å². The maximum atomic E-state index is 12.1. The van der Waals surface area contributed by atoms with E-state index in [4.69, 9.17) is 9.15 Å². The second-order valence-corrected chi connectivity index (χ2v) is 5.41. The SMILES string of the molecule is CCCOc1ccc2c3c(c(=O)oc2c1)CCCCC3. The highest BCUT2D eigenvalue weighted by atomic mass is 16.5. The molecule has 0 aliphatic heterocycles. The molecule has 0 fully saturated rings. The fourth-order valence-corrected chi connectivity index (χ4v) is 2.91. The van der Waals surface area contributed by atoms with Gasteiger partial charge < -0.3 is 9.15 Å². The highest BCUT2D eigenvalue weighted by Gasteiger charge is 2.17. The van der Waals surface area contributed by atoms with Crippen LogP contribution in [0.4, 0.5) is 0 Å². The molecule has 0 amide bonds. The van der Waals surface area contributed by atoms with Crippen LogP contribution in [0.3, 0.4) is 0 Å². The van der Waals surface area contributed by atoms with E-state index in [1.54, 1.807) is 0 Å². The summed E-state index contributed by atoms with van der Waals surface area (Å²) in [5, 5.41) is 1.07. The zero-order chi connectivity index (χ0) is 13.9. The lowest BCUT2D eigenvalue weighted by atomic mass is 10.0. The van der Waals surface area contributed by atoms with Crippen molar-refractivity contribution in [2.45, 2.75) is 45.4 Å².